The number of carbonyl (C=O) groups is 4. The van der Waals surface area contributed by atoms with Gasteiger partial charge in [0.1, 0.15) is 18.2 Å². The van der Waals surface area contributed by atoms with E-state index in [-0.39, 0.29) is 36.8 Å². The predicted octanol–water partition coefficient (Wildman–Crippen LogP) is 3.06. The fourth-order valence-corrected chi connectivity index (χ4v) is 4.48. The van der Waals surface area contributed by atoms with E-state index in [1.807, 2.05) is 6.92 Å². The monoisotopic (exact) mass is 610 g/mol. The molecule has 0 aliphatic rings. The molecule has 0 bridgehead atoms. The molecule has 42 heavy (non-hydrogen) atoms. The second-order valence-electron chi connectivity index (χ2n) is 9.16. The zero-order chi connectivity index (χ0) is 31.1. The van der Waals surface area contributed by atoms with E-state index in [9.17, 15) is 29.0 Å². The molecule has 0 aliphatic heterocycles. The molecule has 3 unspecified atom stereocenters. The molecule has 14 nitrogen and oxygen atoms in total. The van der Waals surface area contributed by atoms with E-state index in [1.54, 1.807) is 32.0 Å². The van der Waals surface area contributed by atoms with Gasteiger partial charge in [-0.25, -0.2) is 5.06 Å². The number of amides is 4. The van der Waals surface area contributed by atoms with Crippen LogP contribution in [0.2, 0.25) is 0 Å². The van der Waals surface area contributed by atoms with Gasteiger partial charge in [-0.3, -0.25) is 33.5 Å². The van der Waals surface area contributed by atoms with E-state index in [1.165, 1.54) is 12.1 Å². The third kappa shape index (κ3) is 10.3. The highest BCUT2D eigenvalue weighted by molar-refractivity contribution is 7.32. The van der Waals surface area contributed by atoms with Gasteiger partial charge in [0.15, 0.2) is 5.76 Å². The van der Waals surface area contributed by atoms with E-state index >= 15 is 0 Å². The molecule has 1 aromatic heterocycles. The summed E-state index contributed by atoms with van der Waals surface area (Å²) in [5.74, 6) is -1.70. The van der Waals surface area contributed by atoms with Gasteiger partial charge in [0, 0.05) is 5.56 Å². The Balaban J connectivity index is 2.05. The van der Waals surface area contributed by atoms with Gasteiger partial charge < -0.3 is 30.0 Å². The summed E-state index contributed by atoms with van der Waals surface area (Å²) in [6.45, 7) is 5.14. The third-order valence-corrected chi connectivity index (χ3v) is 6.76. The fraction of sp³-hybridized carbons (Fsp3) is 0.481. The van der Waals surface area contributed by atoms with Crippen molar-refractivity contribution in [1.82, 2.24) is 21.0 Å². The summed E-state index contributed by atoms with van der Waals surface area (Å²) in [4.78, 5) is 57.9. The Morgan fingerprint density at radius 1 is 1.07 bits per heavy atom. The lowest BCUT2D eigenvalue weighted by molar-refractivity contribution is -0.168. The van der Waals surface area contributed by atoms with Gasteiger partial charge in [-0.2, -0.15) is 0 Å². The van der Waals surface area contributed by atoms with Crippen LogP contribution in [0, 0.1) is 5.92 Å². The Hall–Kier alpha value is -3.71. The molecule has 2 aromatic rings. The number of unbranched alkanes of at least 4 members (excludes halogenated alkanes) is 2. The summed E-state index contributed by atoms with van der Waals surface area (Å²) in [7, 11) is -3.19. The van der Waals surface area contributed by atoms with Crippen molar-refractivity contribution in [2.45, 2.75) is 58.9 Å². The summed E-state index contributed by atoms with van der Waals surface area (Å²) in [5, 5.41) is 18.0. The zero-order valence-corrected chi connectivity index (χ0v) is 24.9. The number of furan rings is 1. The van der Waals surface area contributed by atoms with Crippen molar-refractivity contribution < 1.29 is 47.5 Å². The predicted molar refractivity (Wildman–Crippen MR) is 152 cm³/mol. The first-order valence-electron chi connectivity index (χ1n) is 13.7. The van der Waals surface area contributed by atoms with Crippen LogP contribution >= 0.6 is 8.25 Å². The van der Waals surface area contributed by atoms with Crippen molar-refractivity contribution in [3.05, 3.63) is 41.7 Å². The van der Waals surface area contributed by atoms with Gasteiger partial charge in [-0.15, -0.1) is 0 Å². The van der Waals surface area contributed by atoms with Gasteiger partial charge in [-0.1, -0.05) is 39.2 Å². The van der Waals surface area contributed by atoms with Crippen molar-refractivity contribution >= 4 is 32.4 Å². The lowest BCUT2D eigenvalue weighted by atomic mass is 9.90. The highest BCUT2D eigenvalue weighted by Gasteiger charge is 2.30. The largest absolute Gasteiger partial charge is 0.493 e. The summed E-state index contributed by atoms with van der Waals surface area (Å²) in [6, 6.07) is 6.95. The number of hydroxylamine groups is 2. The Morgan fingerprint density at radius 2 is 1.83 bits per heavy atom. The van der Waals surface area contributed by atoms with Crippen molar-refractivity contribution in [2.75, 3.05) is 20.0 Å². The molecule has 4 amide bonds. The smallest absolute Gasteiger partial charge is 0.318 e. The Kier molecular flexibility index (Phi) is 14.7. The first-order chi connectivity index (χ1) is 20.2. The molecule has 1 aromatic carbocycles. The maximum atomic E-state index is 12.9. The molecule has 5 N–H and O–H groups in total. The minimum Gasteiger partial charge on any atom is -0.493 e. The summed E-state index contributed by atoms with van der Waals surface area (Å²) in [5.41, 5.74) is 0.682. The van der Waals surface area contributed by atoms with Crippen molar-refractivity contribution in [2.24, 2.45) is 5.92 Å². The number of benzene rings is 1. The van der Waals surface area contributed by atoms with Gasteiger partial charge >= 0.3 is 8.25 Å². The average Bonchev–Trinajstić information content (AvgIpc) is 3.47. The molecule has 232 valence electrons. The third-order valence-electron chi connectivity index (χ3n) is 6.37. The summed E-state index contributed by atoms with van der Waals surface area (Å²) in [6.07, 6.45) is 3.72. The van der Waals surface area contributed by atoms with Crippen LogP contribution < -0.4 is 20.7 Å². The van der Waals surface area contributed by atoms with Crippen molar-refractivity contribution in [3.8, 4) is 17.1 Å². The number of nitrogens with zero attached hydrogens (tertiary/aromatic N) is 1. The van der Waals surface area contributed by atoms with Crippen LogP contribution in [0.4, 0.5) is 0 Å². The van der Waals surface area contributed by atoms with Gasteiger partial charge in [0.25, 0.3) is 11.8 Å². The minimum atomic E-state index is -3.19. The molecule has 0 saturated carbocycles. The standard InChI is InChI=1S/C27H39N4O10P/c1-4-7-8-9-19(21(5-2)31(36)17-32)25(33)28-15-29-27(35)23-13-12-22(41-23)18-10-11-20(24(14-18)39-6-3)26(34)30-16-40-42(37)38/h10-14,17,19,21,36,42H,4-9,15-16H2,1-3H3,(H,28,33)(H,29,35)(H,30,34)(H,37,38). The van der Waals surface area contributed by atoms with Gasteiger partial charge in [0.2, 0.25) is 12.3 Å². The lowest BCUT2D eigenvalue weighted by Crippen LogP contribution is -2.47. The average molecular weight is 611 g/mol. The molecule has 0 saturated heterocycles. The van der Waals surface area contributed by atoms with Gasteiger partial charge in [-0.05, 0) is 44.0 Å². The zero-order valence-electron chi connectivity index (χ0n) is 23.9. The number of ether oxygens (including phenoxy) is 1. The van der Waals surface area contributed by atoms with Crippen LogP contribution in [0.5, 0.6) is 5.75 Å². The van der Waals surface area contributed by atoms with Crippen LogP contribution in [0.15, 0.2) is 34.7 Å². The first kappa shape index (κ1) is 34.5. The molecule has 3 atom stereocenters. The molecule has 0 radical (unpaired) electrons. The minimum absolute atomic E-state index is 0.0242. The van der Waals surface area contributed by atoms with Gasteiger partial charge in [0.05, 0.1) is 30.8 Å². The van der Waals surface area contributed by atoms with E-state index in [2.05, 4.69) is 20.5 Å². The molecule has 0 spiro atoms. The Morgan fingerprint density at radius 3 is 2.48 bits per heavy atom. The number of rotatable bonds is 19. The van der Waals surface area contributed by atoms with Crippen LogP contribution in [0.3, 0.4) is 0 Å². The van der Waals surface area contributed by atoms with E-state index in [0.717, 1.165) is 19.3 Å². The lowest BCUT2D eigenvalue weighted by Gasteiger charge is -2.29. The molecular weight excluding hydrogens is 571 g/mol. The fourth-order valence-electron chi connectivity index (χ4n) is 4.29. The quantitative estimate of drug-likeness (QED) is 0.0394. The van der Waals surface area contributed by atoms with Crippen molar-refractivity contribution in [3.63, 3.8) is 0 Å². The molecule has 2 rings (SSSR count). The van der Waals surface area contributed by atoms with Crippen LogP contribution in [-0.2, 0) is 18.7 Å². The van der Waals surface area contributed by atoms with Crippen LogP contribution in [0.25, 0.3) is 11.3 Å². The number of hydrogen-bond acceptors (Lipinski definition) is 9. The molecular formula is C27H39N4O10P. The molecule has 1 heterocycles. The van der Waals surface area contributed by atoms with Crippen molar-refractivity contribution in [1.29, 1.82) is 0 Å². The second kappa shape index (κ2) is 18.0. The SMILES string of the molecule is CCCCCC(C(=O)NCNC(=O)c1ccc(-c2ccc(C(=O)NCO[PH](=O)O)c(OCC)c2)o1)C(CC)N(O)C=O. The number of carbonyl (C=O) groups excluding carboxylic acids is 4. The first-order valence-corrected chi connectivity index (χ1v) is 14.9. The maximum absolute atomic E-state index is 12.9. The van der Waals surface area contributed by atoms with E-state index in [4.69, 9.17) is 14.0 Å². The normalized spacial score (nSPS) is 13.0. The molecule has 15 heteroatoms. The molecule has 0 fully saturated rings. The van der Waals surface area contributed by atoms with Crippen LogP contribution in [-0.4, -0.2) is 65.3 Å². The Labute approximate surface area is 244 Å². The highest BCUT2D eigenvalue weighted by Crippen LogP contribution is 2.29. The number of nitrogens with one attached hydrogen (secondary N) is 3. The topological polar surface area (TPSA) is 197 Å². The number of hydrogen-bond donors (Lipinski definition) is 5. The van der Waals surface area contributed by atoms with Crippen LogP contribution in [0.1, 0.15) is 73.8 Å². The van der Waals surface area contributed by atoms with E-state index < -0.39 is 44.7 Å². The Bertz CT molecular complexity index is 1220. The second-order valence-corrected chi connectivity index (χ2v) is 9.98. The van der Waals surface area contributed by atoms with E-state index in [0.29, 0.717) is 29.2 Å². The summed E-state index contributed by atoms with van der Waals surface area (Å²) < 4.78 is 26.4. The highest BCUT2D eigenvalue weighted by atomic mass is 31.1. The molecule has 0 aliphatic carbocycles. The maximum Gasteiger partial charge on any atom is 0.318 e. The summed E-state index contributed by atoms with van der Waals surface area (Å²) >= 11 is 0.